The highest BCUT2D eigenvalue weighted by atomic mass is 32.2. The van der Waals surface area contributed by atoms with Gasteiger partial charge < -0.3 is 10.1 Å². The number of benzene rings is 2. The fourth-order valence-corrected chi connectivity index (χ4v) is 3.52. The van der Waals surface area contributed by atoms with Crippen molar-refractivity contribution in [1.82, 2.24) is 5.32 Å². The predicted molar refractivity (Wildman–Crippen MR) is 113 cm³/mol. The molecule has 0 unspecified atom stereocenters. The second-order valence-electron chi connectivity index (χ2n) is 6.43. The molecule has 6 nitrogen and oxygen atoms in total. The first-order valence-corrected chi connectivity index (χ1v) is 10.7. The number of hydrogen-bond donors (Lipinski definition) is 1. The maximum atomic E-state index is 12.3. The highest BCUT2D eigenvalue weighted by Crippen LogP contribution is 2.20. The standard InChI is InChI=1S/C21H26N2O4S/c1-5-14-23(28(4,25)26)19-11-9-18(10-12-19)21(24)22-13-15-27-20-8-6-7-16(2)17(20)3/h5-12H,1,13-15H2,2-4H3,(H,22,24). The van der Waals surface area contributed by atoms with Crippen LogP contribution in [0.25, 0.3) is 0 Å². The van der Waals surface area contributed by atoms with Crippen molar-refractivity contribution >= 4 is 21.6 Å². The van der Waals surface area contributed by atoms with Gasteiger partial charge in [0.2, 0.25) is 10.0 Å². The van der Waals surface area contributed by atoms with Crippen molar-refractivity contribution in [3.05, 3.63) is 71.8 Å². The SMILES string of the molecule is C=CCN(c1ccc(C(=O)NCCOc2cccc(C)c2C)cc1)S(C)(=O)=O. The zero-order valence-corrected chi connectivity index (χ0v) is 17.3. The number of carbonyl (C=O) groups excluding carboxylic acids is 1. The first-order valence-electron chi connectivity index (χ1n) is 8.90. The van der Waals surface area contributed by atoms with Crippen molar-refractivity contribution < 1.29 is 17.9 Å². The summed E-state index contributed by atoms with van der Waals surface area (Å²) in [5, 5.41) is 2.80. The molecule has 1 N–H and O–H groups in total. The second-order valence-corrected chi connectivity index (χ2v) is 8.34. The molecule has 0 heterocycles. The molecular formula is C21H26N2O4S. The van der Waals surface area contributed by atoms with Gasteiger partial charge in [-0.15, -0.1) is 6.58 Å². The second kappa shape index (κ2) is 9.41. The summed E-state index contributed by atoms with van der Waals surface area (Å²) in [7, 11) is -3.42. The van der Waals surface area contributed by atoms with Gasteiger partial charge in [-0.1, -0.05) is 18.2 Å². The molecule has 0 fully saturated rings. The van der Waals surface area contributed by atoms with Gasteiger partial charge in [-0.3, -0.25) is 9.10 Å². The fraction of sp³-hybridized carbons (Fsp3) is 0.286. The van der Waals surface area contributed by atoms with Gasteiger partial charge in [0.15, 0.2) is 0 Å². The van der Waals surface area contributed by atoms with Crippen molar-refractivity contribution in [3.8, 4) is 5.75 Å². The van der Waals surface area contributed by atoms with E-state index >= 15 is 0 Å². The summed E-state index contributed by atoms with van der Waals surface area (Å²) >= 11 is 0. The van der Waals surface area contributed by atoms with Crippen LogP contribution in [0.1, 0.15) is 21.5 Å². The number of ether oxygens (including phenoxy) is 1. The molecule has 0 atom stereocenters. The Morgan fingerprint density at radius 1 is 1.18 bits per heavy atom. The monoisotopic (exact) mass is 402 g/mol. The average Bonchev–Trinajstić information content (AvgIpc) is 2.65. The van der Waals surface area contributed by atoms with Crippen LogP contribution in [-0.4, -0.2) is 40.3 Å². The molecule has 0 aromatic heterocycles. The summed E-state index contributed by atoms with van der Waals surface area (Å²) in [4.78, 5) is 12.3. The van der Waals surface area contributed by atoms with Gasteiger partial charge >= 0.3 is 0 Å². The minimum absolute atomic E-state index is 0.167. The normalized spacial score (nSPS) is 11.0. The first-order chi connectivity index (χ1) is 13.2. The van der Waals surface area contributed by atoms with Crippen LogP contribution in [-0.2, 0) is 10.0 Å². The van der Waals surface area contributed by atoms with Crippen LogP contribution in [0, 0.1) is 13.8 Å². The minimum Gasteiger partial charge on any atom is -0.491 e. The van der Waals surface area contributed by atoms with Crippen molar-refractivity contribution in [3.63, 3.8) is 0 Å². The van der Waals surface area contributed by atoms with Crippen LogP contribution >= 0.6 is 0 Å². The summed E-state index contributed by atoms with van der Waals surface area (Å²) < 4.78 is 30.7. The largest absolute Gasteiger partial charge is 0.491 e. The molecular weight excluding hydrogens is 376 g/mol. The molecule has 2 rings (SSSR count). The Morgan fingerprint density at radius 3 is 2.46 bits per heavy atom. The van der Waals surface area contributed by atoms with Gasteiger partial charge in [-0.2, -0.15) is 0 Å². The zero-order valence-electron chi connectivity index (χ0n) is 16.4. The van der Waals surface area contributed by atoms with Gasteiger partial charge in [0.25, 0.3) is 5.91 Å². The minimum atomic E-state index is -3.42. The highest BCUT2D eigenvalue weighted by molar-refractivity contribution is 7.92. The van der Waals surface area contributed by atoms with Crippen molar-refractivity contribution in [2.24, 2.45) is 0 Å². The maximum absolute atomic E-state index is 12.3. The van der Waals surface area contributed by atoms with Gasteiger partial charge in [0, 0.05) is 5.56 Å². The molecule has 2 aromatic rings. The van der Waals surface area contributed by atoms with E-state index in [4.69, 9.17) is 4.74 Å². The quantitative estimate of drug-likeness (QED) is 0.517. The van der Waals surface area contributed by atoms with Crippen LogP contribution in [0.2, 0.25) is 0 Å². The molecule has 2 aromatic carbocycles. The number of sulfonamides is 1. The number of anilines is 1. The third-order valence-electron chi connectivity index (χ3n) is 4.31. The summed E-state index contributed by atoms with van der Waals surface area (Å²) in [6, 6.07) is 12.3. The summed E-state index contributed by atoms with van der Waals surface area (Å²) in [6.45, 7) is 8.48. The van der Waals surface area contributed by atoms with E-state index < -0.39 is 10.0 Å². The van der Waals surface area contributed by atoms with E-state index in [-0.39, 0.29) is 12.5 Å². The Labute approximate surface area is 166 Å². The molecule has 0 bridgehead atoms. The molecule has 0 saturated heterocycles. The topological polar surface area (TPSA) is 75.7 Å². The Bertz CT molecular complexity index is 937. The van der Waals surface area contributed by atoms with E-state index in [1.807, 2.05) is 32.0 Å². The van der Waals surface area contributed by atoms with Crippen molar-refractivity contribution in [2.45, 2.75) is 13.8 Å². The lowest BCUT2D eigenvalue weighted by atomic mass is 10.1. The third kappa shape index (κ3) is 5.60. The molecule has 7 heteroatoms. The summed E-state index contributed by atoms with van der Waals surface area (Å²) in [5.74, 6) is 0.562. The number of carbonyl (C=O) groups is 1. The van der Waals surface area contributed by atoms with Crippen LogP contribution in [0.3, 0.4) is 0 Å². The highest BCUT2D eigenvalue weighted by Gasteiger charge is 2.16. The van der Waals surface area contributed by atoms with E-state index in [0.29, 0.717) is 24.4 Å². The smallest absolute Gasteiger partial charge is 0.251 e. The molecule has 0 radical (unpaired) electrons. The zero-order chi connectivity index (χ0) is 20.7. The third-order valence-corrected chi connectivity index (χ3v) is 5.47. The van der Waals surface area contributed by atoms with Gasteiger partial charge in [0.1, 0.15) is 12.4 Å². The molecule has 0 aliphatic carbocycles. The fourth-order valence-electron chi connectivity index (χ4n) is 2.64. The molecule has 1 amide bonds. The molecule has 0 aliphatic heterocycles. The molecule has 28 heavy (non-hydrogen) atoms. The number of amides is 1. The Hall–Kier alpha value is -2.80. The number of nitrogens with zero attached hydrogens (tertiary/aromatic N) is 1. The lowest BCUT2D eigenvalue weighted by Gasteiger charge is -2.20. The van der Waals surface area contributed by atoms with E-state index in [2.05, 4.69) is 11.9 Å². The van der Waals surface area contributed by atoms with E-state index in [1.54, 1.807) is 24.3 Å². The number of rotatable bonds is 9. The van der Waals surface area contributed by atoms with E-state index in [9.17, 15) is 13.2 Å². The molecule has 0 spiro atoms. The predicted octanol–water partition coefficient (Wildman–Crippen LogP) is 3.06. The Balaban J connectivity index is 1.92. The molecule has 0 aliphatic rings. The van der Waals surface area contributed by atoms with Gasteiger partial charge in [0.05, 0.1) is 25.0 Å². The maximum Gasteiger partial charge on any atom is 0.251 e. The van der Waals surface area contributed by atoms with E-state index in [0.717, 1.165) is 23.1 Å². The molecule has 150 valence electrons. The Morgan fingerprint density at radius 2 is 1.86 bits per heavy atom. The van der Waals surface area contributed by atoms with E-state index in [1.165, 1.54) is 10.4 Å². The van der Waals surface area contributed by atoms with Crippen LogP contribution in [0.5, 0.6) is 5.75 Å². The number of nitrogens with one attached hydrogen (secondary N) is 1. The lowest BCUT2D eigenvalue weighted by molar-refractivity contribution is 0.0947. The molecule has 0 saturated carbocycles. The van der Waals surface area contributed by atoms with Crippen LogP contribution < -0.4 is 14.4 Å². The van der Waals surface area contributed by atoms with Crippen molar-refractivity contribution in [1.29, 1.82) is 0 Å². The summed E-state index contributed by atoms with van der Waals surface area (Å²) in [5.41, 5.74) is 3.17. The Kier molecular flexibility index (Phi) is 7.23. The van der Waals surface area contributed by atoms with Gasteiger partial charge in [-0.05, 0) is 55.3 Å². The van der Waals surface area contributed by atoms with Crippen LogP contribution in [0.4, 0.5) is 5.69 Å². The van der Waals surface area contributed by atoms with Crippen LogP contribution in [0.15, 0.2) is 55.1 Å². The first kappa shape index (κ1) is 21.5. The number of aryl methyl sites for hydroxylation is 1. The number of hydrogen-bond acceptors (Lipinski definition) is 4. The van der Waals surface area contributed by atoms with Gasteiger partial charge in [-0.25, -0.2) is 8.42 Å². The van der Waals surface area contributed by atoms with Crippen molar-refractivity contribution in [2.75, 3.05) is 30.3 Å². The average molecular weight is 403 g/mol. The summed E-state index contributed by atoms with van der Waals surface area (Å²) in [6.07, 6.45) is 2.64. The lowest BCUT2D eigenvalue weighted by Crippen LogP contribution is -2.30.